The summed E-state index contributed by atoms with van der Waals surface area (Å²) in [6.45, 7) is 6.40. The van der Waals surface area contributed by atoms with Crippen LogP contribution in [-0.2, 0) is 0 Å². The summed E-state index contributed by atoms with van der Waals surface area (Å²) in [5.74, 6) is 0.964. The van der Waals surface area contributed by atoms with Gasteiger partial charge < -0.3 is 10.1 Å². The highest BCUT2D eigenvalue weighted by Gasteiger charge is 2.07. The third kappa shape index (κ3) is 4.14. The van der Waals surface area contributed by atoms with Crippen molar-refractivity contribution in [1.29, 1.82) is 0 Å². The Morgan fingerprint density at radius 3 is 2.80 bits per heavy atom. The summed E-state index contributed by atoms with van der Waals surface area (Å²) in [7, 11) is 1.72. The predicted octanol–water partition coefficient (Wildman–Crippen LogP) is 2.79. The third-order valence-corrected chi connectivity index (χ3v) is 3.24. The number of nitrogens with one attached hydrogen (secondary N) is 1. The normalized spacial score (nSPS) is 12.5. The van der Waals surface area contributed by atoms with Crippen LogP contribution in [0.5, 0.6) is 5.75 Å². The number of thioether (sulfide) groups is 1. The van der Waals surface area contributed by atoms with Gasteiger partial charge in [0.05, 0.1) is 7.11 Å². The zero-order chi connectivity index (χ0) is 11.1. The van der Waals surface area contributed by atoms with Crippen molar-refractivity contribution in [3.63, 3.8) is 0 Å². The van der Waals surface area contributed by atoms with Crippen LogP contribution in [0.2, 0.25) is 0 Å². The molecule has 0 fully saturated rings. The lowest BCUT2D eigenvalue weighted by Gasteiger charge is -2.13. The Bertz CT molecular complexity index is 291. The molecule has 1 atom stereocenters. The number of ether oxygens (including phenoxy) is 1. The molecule has 0 amide bonds. The van der Waals surface area contributed by atoms with E-state index in [4.69, 9.17) is 4.74 Å². The van der Waals surface area contributed by atoms with Gasteiger partial charge in [0.15, 0.2) is 0 Å². The molecule has 2 nitrogen and oxygen atoms in total. The van der Waals surface area contributed by atoms with Crippen LogP contribution in [0.25, 0.3) is 0 Å². The van der Waals surface area contributed by atoms with Crippen molar-refractivity contribution in [3.05, 3.63) is 24.3 Å². The molecule has 1 aromatic carbocycles. The summed E-state index contributed by atoms with van der Waals surface area (Å²) >= 11 is 1.85. The minimum absolute atomic E-state index is 0.557. The van der Waals surface area contributed by atoms with Crippen LogP contribution >= 0.6 is 11.8 Å². The van der Waals surface area contributed by atoms with E-state index in [0.29, 0.717) is 5.25 Å². The fourth-order valence-electron chi connectivity index (χ4n) is 1.32. The second-order valence-electron chi connectivity index (χ2n) is 3.39. The van der Waals surface area contributed by atoms with Gasteiger partial charge >= 0.3 is 0 Å². The molecule has 0 heterocycles. The quantitative estimate of drug-likeness (QED) is 0.752. The maximum Gasteiger partial charge on any atom is 0.132 e. The van der Waals surface area contributed by atoms with Gasteiger partial charge in [-0.2, -0.15) is 0 Å². The SMILES string of the molecule is CCNCC(C)Sc1ccccc1OC. The molecule has 0 bridgehead atoms. The van der Waals surface area contributed by atoms with Gasteiger partial charge in [0.25, 0.3) is 0 Å². The summed E-state index contributed by atoms with van der Waals surface area (Å²) in [4.78, 5) is 1.21. The predicted molar refractivity (Wildman–Crippen MR) is 66.9 cm³/mol. The van der Waals surface area contributed by atoms with Gasteiger partial charge in [-0.05, 0) is 18.7 Å². The highest BCUT2D eigenvalue weighted by Crippen LogP contribution is 2.31. The first kappa shape index (κ1) is 12.4. The summed E-state index contributed by atoms with van der Waals surface area (Å²) in [6, 6.07) is 8.15. The Labute approximate surface area is 96.4 Å². The Hall–Kier alpha value is -0.670. The maximum absolute atomic E-state index is 5.31. The smallest absolute Gasteiger partial charge is 0.132 e. The number of hydrogen-bond donors (Lipinski definition) is 1. The zero-order valence-electron chi connectivity index (χ0n) is 9.62. The molecule has 3 heteroatoms. The molecule has 0 saturated heterocycles. The van der Waals surface area contributed by atoms with E-state index in [-0.39, 0.29) is 0 Å². The Balaban J connectivity index is 2.55. The van der Waals surface area contributed by atoms with Crippen LogP contribution in [0.15, 0.2) is 29.2 Å². The first-order valence-electron chi connectivity index (χ1n) is 5.28. The molecule has 1 N–H and O–H groups in total. The first-order chi connectivity index (χ1) is 7.27. The van der Waals surface area contributed by atoms with E-state index < -0.39 is 0 Å². The van der Waals surface area contributed by atoms with Gasteiger partial charge in [-0.25, -0.2) is 0 Å². The lowest BCUT2D eigenvalue weighted by atomic mass is 10.3. The topological polar surface area (TPSA) is 21.3 Å². The highest BCUT2D eigenvalue weighted by atomic mass is 32.2. The number of hydrogen-bond acceptors (Lipinski definition) is 3. The minimum Gasteiger partial charge on any atom is -0.496 e. The zero-order valence-corrected chi connectivity index (χ0v) is 10.4. The number of benzene rings is 1. The number of para-hydroxylation sites is 1. The van der Waals surface area contributed by atoms with Crippen LogP contribution in [-0.4, -0.2) is 25.4 Å². The van der Waals surface area contributed by atoms with E-state index >= 15 is 0 Å². The summed E-state index contributed by atoms with van der Waals surface area (Å²) < 4.78 is 5.31. The Morgan fingerprint density at radius 2 is 2.13 bits per heavy atom. The van der Waals surface area contributed by atoms with Gasteiger partial charge in [0.2, 0.25) is 0 Å². The number of rotatable bonds is 6. The average molecular weight is 225 g/mol. The van der Waals surface area contributed by atoms with Crippen LogP contribution in [0.3, 0.4) is 0 Å². The van der Waals surface area contributed by atoms with Crippen LogP contribution in [0.4, 0.5) is 0 Å². The van der Waals surface area contributed by atoms with Gasteiger partial charge in [-0.1, -0.05) is 26.0 Å². The fraction of sp³-hybridized carbons (Fsp3) is 0.500. The van der Waals surface area contributed by atoms with E-state index in [1.165, 1.54) is 4.90 Å². The lowest BCUT2D eigenvalue weighted by molar-refractivity contribution is 0.404. The molecule has 1 unspecified atom stereocenters. The van der Waals surface area contributed by atoms with Crippen molar-refractivity contribution in [2.24, 2.45) is 0 Å². The van der Waals surface area contributed by atoms with Crippen molar-refractivity contribution in [3.8, 4) is 5.75 Å². The van der Waals surface area contributed by atoms with Crippen LogP contribution in [0, 0.1) is 0 Å². The molecule has 0 aliphatic heterocycles. The molecular weight excluding hydrogens is 206 g/mol. The molecule has 15 heavy (non-hydrogen) atoms. The van der Waals surface area contributed by atoms with Crippen molar-refractivity contribution in [2.45, 2.75) is 24.0 Å². The van der Waals surface area contributed by atoms with Crippen LogP contribution < -0.4 is 10.1 Å². The third-order valence-electron chi connectivity index (χ3n) is 2.08. The van der Waals surface area contributed by atoms with Gasteiger partial charge in [-0.15, -0.1) is 11.8 Å². The van der Waals surface area contributed by atoms with E-state index in [1.54, 1.807) is 7.11 Å². The second-order valence-corrected chi connectivity index (χ2v) is 4.87. The molecule has 0 aliphatic carbocycles. The molecule has 0 aromatic heterocycles. The second kappa shape index (κ2) is 6.75. The molecular formula is C12H19NOS. The Kier molecular flexibility index (Phi) is 5.58. The molecule has 0 radical (unpaired) electrons. The highest BCUT2D eigenvalue weighted by molar-refractivity contribution is 8.00. The minimum atomic E-state index is 0.557. The van der Waals surface area contributed by atoms with E-state index in [0.717, 1.165) is 18.8 Å². The monoisotopic (exact) mass is 225 g/mol. The van der Waals surface area contributed by atoms with Crippen molar-refractivity contribution < 1.29 is 4.74 Å². The number of methoxy groups -OCH3 is 1. The average Bonchev–Trinajstić information content (AvgIpc) is 2.27. The van der Waals surface area contributed by atoms with Gasteiger partial charge in [0, 0.05) is 16.7 Å². The molecule has 0 spiro atoms. The maximum atomic E-state index is 5.31. The van der Waals surface area contributed by atoms with Crippen molar-refractivity contribution >= 4 is 11.8 Å². The van der Waals surface area contributed by atoms with E-state index in [1.807, 2.05) is 30.0 Å². The van der Waals surface area contributed by atoms with Gasteiger partial charge in [-0.3, -0.25) is 0 Å². The summed E-state index contributed by atoms with van der Waals surface area (Å²) in [5.41, 5.74) is 0. The Morgan fingerprint density at radius 1 is 1.40 bits per heavy atom. The standard InChI is InChI=1S/C12H19NOS/c1-4-13-9-10(2)15-12-8-6-5-7-11(12)14-3/h5-8,10,13H,4,9H2,1-3H3. The summed E-state index contributed by atoms with van der Waals surface area (Å²) in [6.07, 6.45) is 0. The molecule has 0 aliphatic rings. The lowest BCUT2D eigenvalue weighted by Crippen LogP contribution is -2.22. The molecule has 1 rings (SSSR count). The van der Waals surface area contributed by atoms with E-state index in [9.17, 15) is 0 Å². The molecule has 84 valence electrons. The van der Waals surface area contributed by atoms with Crippen LogP contribution in [0.1, 0.15) is 13.8 Å². The van der Waals surface area contributed by atoms with Gasteiger partial charge in [0.1, 0.15) is 5.75 Å². The van der Waals surface area contributed by atoms with E-state index in [2.05, 4.69) is 25.2 Å². The van der Waals surface area contributed by atoms with Crippen molar-refractivity contribution in [1.82, 2.24) is 5.32 Å². The largest absolute Gasteiger partial charge is 0.496 e. The fourth-order valence-corrected chi connectivity index (χ4v) is 2.38. The molecule has 0 saturated carbocycles. The first-order valence-corrected chi connectivity index (χ1v) is 6.16. The van der Waals surface area contributed by atoms with Crippen molar-refractivity contribution in [2.75, 3.05) is 20.2 Å². The summed E-state index contributed by atoms with van der Waals surface area (Å²) in [5, 5.41) is 3.90. The molecule has 1 aromatic rings.